The summed E-state index contributed by atoms with van der Waals surface area (Å²) >= 11 is 0. The highest BCUT2D eigenvalue weighted by Gasteiger charge is 2.23. The average molecular weight is 372 g/mol. The lowest BCUT2D eigenvalue weighted by molar-refractivity contribution is -0.122. The lowest BCUT2D eigenvalue weighted by Gasteiger charge is -2.22. The van der Waals surface area contributed by atoms with Gasteiger partial charge in [-0.2, -0.15) is 0 Å². The summed E-state index contributed by atoms with van der Waals surface area (Å²) in [5.74, 6) is -1.26. The van der Waals surface area contributed by atoms with Gasteiger partial charge in [0.2, 0.25) is 0 Å². The second-order valence-electron chi connectivity index (χ2n) is 7.18. The zero-order valence-corrected chi connectivity index (χ0v) is 16.0. The van der Waals surface area contributed by atoms with Crippen LogP contribution in [0.25, 0.3) is 0 Å². The molecular formula is C21H25FN2O3. The molecule has 0 aliphatic heterocycles. The molecule has 2 N–H and O–H groups in total. The molecule has 0 radical (unpaired) electrons. The Kier molecular flexibility index (Phi) is 6.55. The van der Waals surface area contributed by atoms with Gasteiger partial charge in [0.1, 0.15) is 0 Å². The van der Waals surface area contributed by atoms with Crippen LogP contribution < -0.4 is 15.4 Å². The van der Waals surface area contributed by atoms with E-state index in [1.165, 1.54) is 12.1 Å². The lowest BCUT2D eigenvalue weighted by Crippen LogP contribution is -2.41. The summed E-state index contributed by atoms with van der Waals surface area (Å²) in [7, 11) is 0. The SMILES string of the molecule is CCC(Oc1ccccc1F)C(=O)Nc1ccccc1C(=O)NC(C)(C)C. The van der Waals surface area contributed by atoms with E-state index in [4.69, 9.17) is 4.74 Å². The van der Waals surface area contributed by atoms with Crippen LogP contribution in [0.3, 0.4) is 0 Å². The van der Waals surface area contributed by atoms with Gasteiger partial charge >= 0.3 is 0 Å². The molecule has 0 aliphatic rings. The molecule has 1 atom stereocenters. The summed E-state index contributed by atoms with van der Waals surface area (Å²) in [6.45, 7) is 7.40. The topological polar surface area (TPSA) is 67.4 Å². The monoisotopic (exact) mass is 372 g/mol. The number of rotatable bonds is 6. The van der Waals surface area contributed by atoms with Crippen LogP contribution in [0.1, 0.15) is 44.5 Å². The molecule has 2 rings (SSSR count). The molecule has 2 aromatic carbocycles. The summed E-state index contributed by atoms with van der Waals surface area (Å²) in [6.07, 6.45) is -0.545. The van der Waals surface area contributed by atoms with Crippen LogP contribution in [0.2, 0.25) is 0 Å². The minimum Gasteiger partial charge on any atom is -0.478 e. The van der Waals surface area contributed by atoms with Crippen molar-refractivity contribution in [2.24, 2.45) is 0 Å². The van der Waals surface area contributed by atoms with E-state index in [1.54, 1.807) is 43.3 Å². The molecule has 6 heteroatoms. The number of amides is 2. The van der Waals surface area contributed by atoms with Crippen LogP contribution in [-0.4, -0.2) is 23.5 Å². The summed E-state index contributed by atoms with van der Waals surface area (Å²) in [5, 5.41) is 5.59. The molecule has 0 aliphatic carbocycles. The maximum absolute atomic E-state index is 13.8. The predicted molar refractivity (Wildman–Crippen MR) is 103 cm³/mol. The van der Waals surface area contributed by atoms with Crippen molar-refractivity contribution in [3.05, 3.63) is 59.9 Å². The zero-order valence-electron chi connectivity index (χ0n) is 16.0. The first kappa shape index (κ1) is 20.4. The molecule has 27 heavy (non-hydrogen) atoms. The van der Waals surface area contributed by atoms with Gasteiger partial charge in [0.05, 0.1) is 11.3 Å². The van der Waals surface area contributed by atoms with Crippen molar-refractivity contribution in [1.29, 1.82) is 0 Å². The molecule has 2 aromatic rings. The van der Waals surface area contributed by atoms with Gasteiger partial charge in [-0.05, 0) is 51.5 Å². The van der Waals surface area contributed by atoms with E-state index in [0.29, 0.717) is 17.7 Å². The number of carbonyl (C=O) groups is 2. The van der Waals surface area contributed by atoms with Gasteiger partial charge in [-0.15, -0.1) is 0 Å². The number of carbonyl (C=O) groups excluding carboxylic acids is 2. The Morgan fingerprint density at radius 2 is 1.70 bits per heavy atom. The van der Waals surface area contributed by atoms with Crippen LogP contribution in [0, 0.1) is 5.82 Å². The molecule has 0 heterocycles. The van der Waals surface area contributed by atoms with Gasteiger partial charge in [-0.1, -0.05) is 31.2 Å². The number of hydrogen-bond acceptors (Lipinski definition) is 3. The van der Waals surface area contributed by atoms with Gasteiger partial charge in [-0.3, -0.25) is 9.59 Å². The number of hydrogen-bond donors (Lipinski definition) is 2. The van der Waals surface area contributed by atoms with Gasteiger partial charge in [0.15, 0.2) is 17.7 Å². The zero-order chi connectivity index (χ0) is 20.0. The third-order valence-corrected chi connectivity index (χ3v) is 3.69. The predicted octanol–water partition coefficient (Wildman–Crippen LogP) is 4.15. The Balaban J connectivity index is 2.17. The number of anilines is 1. The first-order valence-corrected chi connectivity index (χ1v) is 8.85. The quantitative estimate of drug-likeness (QED) is 0.800. The summed E-state index contributed by atoms with van der Waals surface area (Å²) in [5.41, 5.74) is 0.315. The molecule has 5 nitrogen and oxygen atoms in total. The fourth-order valence-corrected chi connectivity index (χ4v) is 2.43. The number of benzene rings is 2. The Labute approximate surface area is 158 Å². The second kappa shape index (κ2) is 8.66. The maximum Gasteiger partial charge on any atom is 0.265 e. The first-order chi connectivity index (χ1) is 12.7. The molecule has 0 saturated heterocycles. The van der Waals surface area contributed by atoms with E-state index in [2.05, 4.69) is 10.6 Å². The lowest BCUT2D eigenvalue weighted by atomic mass is 10.1. The third kappa shape index (κ3) is 5.81. The normalized spacial score (nSPS) is 12.2. The standard InChI is InChI=1S/C21H25FN2O3/c1-5-17(27-18-13-9-7-11-15(18)22)20(26)23-16-12-8-6-10-14(16)19(25)24-21(2,3)4/h6-13,17H,5H2,1-4H3,(H,23,26)(H,24,25). The average Bonchev–Trinajstić information content (AvgIpc) is 2.60. The van der Waals surface area contributed by atoms with Crippen LogP contribution in [0.15, 0.2) is 48.5 Å². The van der Waals surface area contributed by atoms with E-state index in [-0.39, 0.29) is 11.7 Å². The van der Waals surface area contributed by atoms with Crippen molar-refractivity contribution in [2.75, 3.05) is 5.32 Å². The van der Waals surface area contributed by atoms with Gasteiger partial charge in [0, 0.05) is 5.54 Å². The third-order valence-electron chi connectivity index (χ3n) is 3.69. The van der Waals surface area contributed by atoms with Crippen molar-refractivity contribution in [3.63, 3.8) is 0 Å². The molecule has 0 aromatic heterocycles. The summed E-state index contributed by atoms with van der Waals surface area (Å²) in [6, 6.07) is 12.6. The van der Waals surface area contributed by atoms with Crippen LogP contribution in [-0.2, 0) is 4.79 Å². The highest BCUT2D eigenvalue weighted by Crippen LogP contribution is 2.20. The molecular weight excluding hydrogens is 347 g/mol. The van der Waals surface area contributed by atoms with E-state index >= 15 is 0 Å². The first-order valence-electron chi connectivity index (χ1n) is 8.85. The number of halogens is 1. The highest BCUT2D eigenvalue weighted by molar-refractivity contribution is 6.04. The molecule has 0 saturated carbocycles. The van der Waals surface area contributed by atoms with E-state index in [9.17, 15) is 14.0 Å². The van der Waals surface area contributed by atoms with Crippen molar-refractivity contribution in [2.45, 2.75) is 45.8 Å². The van der Waals surface area contributed by atoms with Crippen LogP contribution in [0.4, 0.5) is 10.1 Å². The minimum atomic E-state index is -0.888. The number of para-hydroxylation sites is 2. The largest absolute Gasteiger partial charge is 0.478 e. The number of nitrogens with one attached hydrogen (secondary N) is 2. The molecule has 0 fully saturated rings. The molecule has 1 unspecified atom stereocenters. The van der Waals surface area contributed by atoms with E-state index in [1.807, 2.05) is 20.8 Å². The Hall–Kier alpha value is -2.89. The Morgan fingerprint density at radius 1 is 1.07 bits per heavy atom. The van der Waals surface area contributed by atoms with Crippen molar-refractivity contribution in [3.8, 4) is 5.75 Å². The fourth-order valence-electron chi connectivity index (χ4n) is 2.43. The van der Waals surface area contributed by atoms with Crippen molar-refractivity contribution >= 4 is 17.5 Å². The molecule has 2 amide bonds. The van der Waals surface area contributed by atoms with E-state index < -0.39 is 23.4 Å². The summed E-state index contributed by atoms with van der Waals surface area (Å²) < 4.78 is 19.3. The molecule has 0 spiro atoms. The van der Waals surface area contributed by atoms with Crippen LogP contribution >= 0.6 is 0 Å². The van der Waals surface area contributed by atoms with Gasteiger partial charge in [0.25, 0.3) is 11.8 Å². The molecule has 144 valence electrons. The highest BCUT2D eigenvalue weighted by atomic mass is 19.1. The molecule has 0 bridgehead atoms. The van der Waals surface area contributed by atoms with Gasteiger partial charge < -0.3 is 15.4 Å². The van der Waals surface area contributed by atoms with Gasteiger partial charge in [-0.25, -0.2) is 4.39 Å². The van der Waals surface area contributed by atoms with Crippen LogP contribution in [0.5, 0.6) is 5.75 Å². The van der Waals surface area contributed by atoms with Crippen molar-refractivity contribution < 1.29 is 18.7 Å². The fraction of sp³-hybridized carbons (Fsp3) is 0.333. The second-order valence-corrected chi connectivity index (χ2v) is 7.18. The summed E-state index contributed by atoms with van der Waals surface area (Å²) in [4.78, 5) is 25.1. The Morgan fingerprint density at radius 3 is 2.33 bits per heavy atom. The maximum atomic E-state index is 13.8. The number of ether oxygens (including phenoxy) is 1. The minimum absolute atomic E-state index is 0.0123. The van der Waals surface area contributed by atoms with Crippen molar-refractivity contribution in [1.82, 2.24) is 5.32 Å². The smallest absolute Gasteiger partial charge is 0.265 e. The van der Waals surface area contributed by atoms with E-state index in [0.717, 1.165) is 0 Å². The Bertz CT molecular complexity index is 815.